The first-order valence-corrected chi connectivity index (χ1v) is 12.7. The van der Waals surface area contributed by atoms with Crippen molar-refractivity contribution in [3.05, 3.63) is 94.0 Å². The minimum Gasteiger partial charge on any atom is -0.492 e. The highest BCUT2D eigenvalue weighted by atomic mass is 35.5. The number of amides is 1. The van der Waals surface area contributed by atoms with Gasteiger partial charge in [-0.3, -0.25) is 9.10 Å². The van der Waals surface area contributed by atoms with E-state index in [1.807, 2.05) is 26.0 Å². The van der Waals surface area contributed by atoms with Crippen LogP contribution in [0.4, 0.5) is 5.69 Å². The van der Waals surface area contributed by atoms with Crippen LogP contribution in [0.2, 0.25) is 5.02 Å². The average Bonchev–Trinajstić information content (AvgIpc) is 2.74. The van der Waals surface area contributed by atoms with E-state index in [0.29, 0.717) is 29.4 Å². The molecule has 33 heavy (non-hydrogen) atoms. The molecule has 174 valence electrons. The molecule has 0 aliphatic carbocycles. The van der Waals surface area contributed by atoms with Gasteiger partial charge in [0.2, 0.25) is 10.0 Å². The van der Waals surface area contributed by atoms with Gasteiger partial charge in [-0.1, -0.05) is 35.9 Å². The Hall–Kier alpha value is -3.03. The fourth-order valence-electron chi connectivity index (χ4n) is 3.41. The van der Waals surface area contributed by atoms with Gasteiger partial charge in [0.1, 0.15) is 12.4 Å². The molecule has 3 aromatic carbocycles. The fourth-order valence-corrected chi connectivity index (χ4v) is 4.47. The van der Waals surface area contributed by atoms with E-state index in [9.17, 15) is 13.2 Å². The third-order valence-corrected chi connectivity index (χ3v) is 6.27. The molecule has 6 nitrogen and oxygen atoms in total. The number of halogens is 1. The zero-order chi connectivity index (χ0) is 24.0. The Morgan fingerprint density at radius 3 is 2.27 bits per heavy atom. The predicted molar refractivity (Wildman–Crippen MR) is 133 cm³/mol. The molecule has 0 atom stereocenters. The summed E-state index contributed by atoms with van der Waals surface area (Å²) in [5, 5.41) is 3.28. The van der Waals surface area contributed by atoms with Crippen molar-refractivity contribution in [2.45, 2.75) is 20.4 Å². The number of carbonyl (C=O) groups is 1. The van der Waals surface area contributed by atoms with Crippen LogP contribution in [0.1, 0.15) is 27.0 Å². The van der Waals surface area contributed by atoms with Gasteiger partial charge >= 0.3 is 0 Å². The van der Waals surface area contributed by atoms with Crippen LogP contribution in [0.15, 0.2) is 66.7 Å². The van der Waals surface area contributed by atoms with Crippen molar-refractivity contribution >= 4 is 33.2 Å². The Labute approximate surface area is 200 Å². The maximum Gasteiger partial charge on any atom is 0.251 e. The summed E-state index contributed by atoms with van der Waals surface area (Å²) in [5.41, 5.74) is 3.96. The summed E-state index contributed by atoms with van der Waals surface area (Å²) in [4.78, 5) is 12.4. The van der Waals surface area contributed by atoms with E-state index in [0.717, 1.165) is 28.7 Å². The standard InChI is InChI=1S/C25H27ClN2O4S/c1-18-13-19(2)15-24(14-18)32-12-11-27-25(29)21-9-7-20(8-10-21)17-28(33(3,30)31)23-6-4-5-22(26)16-23/h4-10,13-16H,11-12,17H2,1-3H3,(H,27,29). The lowest BCUT2D eigenvalue weighted by Crippen LogP contribution is -2.29. The van der Waals surface area contributed by atoms with Crippen molar-refractivity contribution in [2.24, 2.45) is 0 Å². The number of hydrogen-bond acceptors (Lipinski definition) is 4. The van der Waals surface area contributed by atoms with E-state index in [2.05, 4.69) is 11.4 Å². The van der Waals surface area contributed by atoms with E-state index >= 15 is 0 Å². The van der Waals surface area contributed by atoms with E-state index in [-0.39, 0.29) is 12.5 Å². The summed E-state index contributed by atoms with van der Waals surface area (Å²) >= 11 is 6.02. The number of benzene rings is 3. The monoisotopic (exact) mass is 486 g/mol. The number of ether oxygens (including phenoxy) is 1. The van der Waals surface area contributed by atoms with Gasteiger partial charge in [-0.25, -0.2) is 8.42 Å². The Morgan fingerprint density at radius 1 is 1.00 bits per heavy atom. The first-order valence-electron chi connectivity index (χ1n) is 10.4. The van der Waals surface area contributed by atoms with Gasteiger partial charge in [0.15, 0.2) is 0 Å². The lowest BCUT2D eigenvalue weighted by molar-refractivity contribution is 0.0947. The van der Waals surface area contributed by atoms with Crippen molar-refractivity contribution < 1.29 is 17.9 Å². The maximum atomic E-state index is 12.4. The Balaban J connectivity index is 1.57. The number of sulfonamides is 1. The molecule has 0 unspecified atom stereocenters. The zero-order valence-electron chi connectivity index (χ0n) is 18.8. The lowest BCUT2D eigenvalue weighted by atomic mass is 10.1. The summed E-state index contributed by atoms with van der Waals surface area (Å²) in [6, 6.07) is 19.5. The summed E-state index contributed by atoms with van der Waals surface area (Å²) in [6.07, 6.45) is 1.15. The molecule has 1 N–H and O–H groups in total. The van der Waals surface area contributed by atoms with Crippen LogP contribution < -0.4 is 14.4 Å². The minimum atomic E-state index is -3.52. The molecule has 0 fully saturated rings. The summed E-state index contributed by atoms with van der Waals surface area (Å²) in [7, 11) is -3.52. The Morgan fingerprint density at radius 2 is 1.67 bits per heavy atom. The Kier molecular flexibility index (Phi) is 8.00. The summed E-state index contributed by atoms with van der Waals surface area (Å²) in [6.45, 7) is 4.87. The minimum absolute atomic E-state index is 0.130. The van der Waals surface area contributed by atoms with Crippen LogP contribution in [0.3, 0.4) is 0 Å². The van der Waals surface area contributed by atoms with Crippen molar-refractivity contribution in [1.29, 1.82) is 0 Å². The topological polar surface area (TPSA) is 75.7 Å². The smallest absolute Gasteiger partial charge is 0.251 e. The average molecular weight is 487 g/mol. The van der Waals surface area contributed by atoms with Crippen molar-refractivity contribution in [1.82, 2.24) is 5.32 Å². The molecule has 0 radical (unpaired) electrons. The number of nitrogens with zero attached hydrogens (tertiary/aromatic N) is 1. The van der Waals surface area contributed by atoms with Gasteiger partial charge in [0, 0.05) is 10.6 Å². The second-order valence-electron chi connectivity index (χ2n) is 7.87. The van der Waals surface area contributed by atoms with Crippen molar-refractivity contribution in [3.63, 3.8) is 0 Å². The molecule has 0 heterocycles. The molecule has 8 heteroatoms. The van der Waals surface area contributed by atoms with Crippen LogP contribution in [0.5, 0.6) is 5.75 Å². The van der Waals surface area contributed by atoms with Crippen LogP contribution in [0, 0.1) is 13.8 Å². The number of nitrogens with one attached hydrogen (secondary N) is 1. The van der Waals surface area contributed by atoms with Gasteiger partial charge < -0.3 is 10.1 Å². The first kappa shape index (κ1) is 24.6. The number of anilines is 1. The fraction of sp³-hybridized carbons (Fsp3) is 0.240. The number of hydrogen-bond donors (Lipinski definition) is 1. The third-order valence-electron chi connectivity index (χ3n) is 4.89. The molecule has 0 saturated carbocycles. The first-order chi connectivity index (χ1) is 15.6. The normalized spacial score (nSPS) is 11.2. The van der Waals surface area contributed by atoms with Crippen molar-refractivity contribution in [2.75, 3.05) is 23.7 Å². The summed E-state index contributed by atoms with van der Waals surface area (Å²) in [5.74, 6) is 0.557. The highest BCUT2D eigenvalue weighted by Gasteiger charge is 2.18. The van der Waals surface area contributed by atoms with E-state index in [1.54, 1.807) is 48.5 Å². The van der Waals surface area contributed by atoms with Gasteiger partial charge in [0.25, 0.3) is 5.91 Å². The largest absolute Gasteiger partial charge is 0.492 e. The molecule has 3 rings (SSSR count). The van der Waals surface area contributed by atoms with Crippen LogP contribution in [-0.4, -0.2) is 33.7 Å². The molecular weight excluding hydrogens is 460 g/mol. The van der Waals surface area contributed by atoms with Gasteiger partial charge in [-0.15, -0.1) is 0 Å². The number of aryl methyl sites for hydroxylation is 2. The second kappa shape index (κ2) is 10.7. The Bertz CT molecular complexity index is 1210. The molecule has 0 aliphatic heterocycles. The molecular formula is C25H27ClN2O4S. The van der Waals surface area contributed by atoms with E-state index in [4.69, 9.17) is 16.3 Å². The maximum absolute atomic E-state index is 12.4. The highest BCUT2D eigenvalue weighted by Crippen LogP contribution is 2.24. The molecule has 0 saturated heterocycles. The highest BCUT2D eigenvalue weighted by molar-refractivity contribution is 7.92. The molecule has 0 aliphatic rings. The third kappa shape index (κ3) is 7.23. The SMILES string of the molecule is Cc1cc(C)cc(OCCNC(=O)c2ccc(CN(c3cccc(Cl)c3)S(C)(=O)=O)cc2)c1. The zero-order valence-corrected chi connectivity index (χ0v) is 20.4. The quantitative estimate of drug-likeness (QED) is 0.443. The van der Waals surface area contributed by atoms with Gasteiger partial charge in [-0.2, -0.15) is 0 Å². The molecule has 0 bridgehead atoms. The molecule has 0 aromatic heterocycles. The number of rotatable bonds is 9. The van der Waals surface area contributed by atoms with E-state index < -0.39 is 10.0 Å². The molecule has 0 spiro atoms. The van der Waals surface area contributed by atoms with Crippen LogP contribution in [0.25, 0.3) is 0 Å². The van der Waals surface area contributed by atoms with Crippen LogP contribution in [-0.2, 0) is 16.6 Å². The second-order valence-corrected chi connectivity index (χ2v) is 10.2. The molecule has 3 aromatic rings. The van der Waals surface area contributed by atoms with Crippen LogP contribution >= 0.6 is 11.6 Å². The van der Waals surface area contributed by atoms with E-state index in [1.165, 1.54) is 4.31 Å². The lowest BCUT2D eigenvalue weighted by Gasteiger charge is -2.22. The van der Waals surface area contributed by atoms with Crippen molar-refractivity contribution in [3.8, 4) is 5.75 Å². The van der Waals surface area contributed by atoms with Gasteiger partial charge in [-0.05, 0) is 73.0 Å². The predicted octanol–water partition coefficient (Wildman–Crippen LogP) is 4.73. The molecule has 1 amide bonds. The number of carbonyl (C=O) groups excluding carboxylic acids is 1. The summed E-state index contributed by atoms with van der Waals surface area (Å²) < 4.78 is 31.6. The van der Waals surface area contributed by atoms with Gasteiger partial charge in [0.05, 0.1) is 25.0 Å².